The maximum absolute atomic E-state index is 11.2. The van der Waals surface area contributed by atoms with Crippen molar-refractivity contribution in [2.45, 2.75) is 18.6 Å². The van der Waals surface area contributed by atoms with Gasteiger partial charge in [0.1, 0.15) is 0 Å². The van der Waals surface area contributed by atoms with Gasteiger partial charge in [0.25, 0.3) is 0 Å². The molecule has 0 saturated carbocycles. The molecule has 82 valence electrons. The summed E-state index contributed by atoms with van der Waals surface area (Å²) in [5.41, 5.74) is 5.45. The first-order chi connectivity index (χ1) is 7.00. The zero-order valence-electron chi connectivity index (χ0n) is 8.81. The highest BCUT2D eigenvalue weighted by molar-refractivity contribution is 5.76. The van der Waals surface area contributed by atoms with Gasteiger partial charge in [0.05, 0.1) is 12.6 Å². The second-order valence-electron chi connectivity index (χ2n) is 3.57. The van der Waals surface area contributed by atoms with E-state index >= 15 is 0 Å². The van der Waals surface area contributed by atoms with Crippen LogP contribution in [0.15, 0.2) is 30.3 Å². The average molecular weight is 209 g/mol. The number of aliphatic hydroxyl groups is 1. The molecule has 1 aromatic rings. The van der Waals surface area contributed by atoms with Crippen molar-refractivity contribution in [3.05, 3.63) is 35.9 Å². The fourth-order valence-electron chi connectivity index (χ4n) is 1.31. The molecule has 0 aliphatic rings. The van der Waals surface area contributed by atoms with E-state index in [0.29, 0.717) is 5.56 Å². The van der Waals surface area contributed by atoms with Gasteiger partial charge in [-0.25, -0.2) is 4.79 Å². The van der Waals surface area contributed by atoms with Crippen LogP contribution in [0.3, 0.4) is 0 Å². The molecule has 0 aliphatic carbocycles. The molecule has 15 heavy (non-hydrogen) atoms. The number of aliphatic hydroxyl groups excluding tert-OH is 1. The Balaban J connectivity index is 2.97. The van der Waals surface area contributed by atoms with Crippen LogP contribution in [0.1, 0.15) is 12.5 Å². The van der Waals surface area contributed by atoms with Gasteiger partial charge in [-0.2, -0.15) is 0 Å². The number of ether oxygens (including phenoxy) is 1. The van der Waals surface area contributed by atoms with Crippen LogP contribution < -0.4 is 5.73 Å². The Morgan fingerprint density at radius 2 is 2.00 bits per heavy atom. The lowest BCUT2D eigenvalue weighted by atomic mass is 9.87. The van der Waals surface area contributed by atoms with Crippen LogP contribution in [-0.4, -0.2) is 24.3 Å². The van der Waals surface area contributed by atoms with Gasteiger partial charge in [-0.3, -0.25) is 0 Å². The molecule has 1 aromatic carbocycles. The third kappa shape index (κ3) is 2.34. The first-order valence-corrected chi connectivity index (χ1v) is 4.60. The van der Waals surface area contributed by atoms with Crippen molar-refractivity contribution in [1.82, 2.24) is 0 Å². The van der Waals surface area contributed by atoms with Gasteiger partial charge < -0.3 is 15.6 Å². The molecule has 0 radical (unpaired) electrons. The number of hydrogen-bond acceptors (Lipinski definition) is 4. The summed E-state index contributed by atoms with van der Waals surface area (Å²) >= 11 is 0. The molecule has 1 rings (SSSR count). The second kappa shape index (κ2) is 4.42. The molecular weight excluding hydrogens is 194 g/mol. The molecular formula is C11H15NO3. The molecule has 0 bridgehead atoms. The van der Waals surface area contributed by atoms with E-state index < -0.39 is 17.6 Å². The van der Waals surface area contributed by atoms with Gasteiger partial charge in [-0.05, 0) is 12.5 Å². The number of benzene rings is 1. The Bertz CT molecular complexity index is 335. The van der Waals surface area contributed by atoms with E-state index in [-0.39, 0.29) is 0 Å². The summed E-state index contributed by atoms with van der Waals surface area (Å²) in [7, 11) is 1.21. The number of carbonyl (C=O) groups excluding carboxylic acids is 1. The van der Waals surface area contributed by atoms with Crippen LogP contribution in [-0.2, 0) is 15.1 Å². The van der Waals surface area contributed by atoms with E-state index in [1.54, 1.807) is 31.2 Å². The van der Waals surface area contributed by atoms with Crippen molar-refractivity contribution in [2.24, 2.45) is 5.73 Å². The second-order valence-corrected chi connectivity index (χ2v) is 3.57. The molecule has 0 spiro atoms. The van der Waals surface area contributed by atoms with Crippen molar-refractivity contribution in [3.63, 3.8) is 0 Å². The molecule has 4 heteroatoms. The molecule has 0 heterocycles. The minimum atomic E-state index is -1.37. The zero-order valence-corrected chi connectivity index (χ0v) is 8.81. The van der Waals surface area contributed by atoms with Gasteiger partial charge in [0.15, 0.2) is 6.10 Å². The molecule has 4 nitrogen and oxygen atoms in total. The Labute approximate surface area is 88.7 Å². The highest BCUT2D eigenvalue weighted by atomic mass is 16.5. The predicted octanol–water partition coefficient (Wildman–Crippen LogP) is 0.394. The number of hydrogen-bond donors (Lipinski definition) is 2. The summed E-state index contributed by atoms with van der Waals surface area (Å²) < 4.78 is 4.45. The summed E-state index contributed by atoms with van der Waals surface area (Å²) in [5, 5.41) is 9.70. The monoisotopic (exact) mass is 209 g/mol. The zero-order chi connectivity index (χ0) is 11.5. The minimum absolute atomic E-state index is 0.683. The highest BCUT2D eigenvalue weighted by Crippen LogP contribution is 2.22. The van der Waals surface area contributed by atoms with Gasteiger partial charge in [0.2, 0.25) is 0 Å². The highest BCUT2D eigenvalue weighted by Gasteiger charge is 2.36. The fraction of sp³-hybridized carbons (Fsp3) is 0.364. The van der Waals surface area contributed by atoms with Gasteiger partial charge in [-0.15, -0.1) is 0 Å². The molecule has 0 fully saturated rings. The molecule has 2 atom stereocenters. The number of carbonyl (C=O) groups is 1. The summed E-state index contributed by atoms with van der Waals surface area (Å²) in [4.78, 5) is 11.2. The van der Waals surface area contributed by atoms with E-state index in [1.165, 1.54) is 7.11 Å². The third-order valence-corrected chi connectivity index (χ3v) is 2.39. The number of rotatable bonds is 3. The van der Waals surface area contributed by atoms with Gasteiger partial charge >= 0.3 is 5.97 Å². The van der Waals surface area contributed by atoms with Crippen LogP contribution in [0.2, 0.25) is 0 Å². The number of methoxy groups -OCH3 is 1. The fourth-order valence-corrected chi connectivity index (χ4v) is 1.31. The normalized spacial score (nSPS) is 16.5. The Morgan fingerprint density at radius 3 is 2.47 bits per heavy atom. The Hall–Kier alpha value is -1.39. The van der Waals surface area contributed by atoms with E-state index in [0.717, 1.165) is 0 Å². The summed E-state index contributed by atoms with van der Waals surface area (Å²) in [6, 6.07) is 8.94. The van der Waals surface area contributed by atoms with Crippen LogP contribution >= 0.6 is 0 Å². The molecule has 0 saturated heterocycles. The Kier molecular flexibility index (Phi) is 3.44. The lowest BCUT2D eigenvalue weighted by Crippen LogP contribution is -2.49. The predicted molar refractivity (Wildman–Crippen MR) is 56.0 cm³/mol. The lowest BCUT2D eigenvalue weighted by molar-refractivity contribution is -0.154. The van der Waals surface area contributed by atoms with Crippen molar-refractivity contribution >= 4 is 5.97 Å². The van der Waals surface area contributed by atoms with E-state index in [4.69, 9.17) is 5.73 Å². The van der Waals surface area contributed by atoms with Gasteiger partial charge in [-0.1, -0.05) is 30.3 Å². The summed E-state index contributed by atoms with van der Waals surface area (Å²) in [6.45, 7) is 1.59. The molecule has 3 N–H and O–H groups in total. The standard InChI is InChI=1S/C11H15NO3/c1-11(12,9(13)10(14)15-2)8-6-4-3-5-7-8/h3-7,9,13H,12H2,1-2H3. The first kappa shape index (κ1) is 11.7. The van der Waals surface area contributed by atoms with E-state index in [1.807, 2.05) is 6.07 Å². The summed E-state index contributed by atoms with van der Waals surface area (Å²) in [6.07, 6.45) is -1.37. The van der Waals surface area contributed by atoms with E-state index in [2.05, 4.69) is 4.74 Å². The molecule has 2 unspecified atom stereocenters. The maximum Gasteiger partial charge on any atom is 0.336 e. The quantitative estimate of drug-likeness (QED) is 0.706. The Morgan fingerprint density at radius 1 is 1.47 bits per heavy atom. The minimum Gasteiger partial charge on any atom is -0.467 e. The number of nitrogens with two attached hydrogens (primary N) is 1. The lowest BCUT2D eigenvalue weighted by Gasteiger charge is -2.28. The smallest absolute Gasteiger partial charge is 0.336 e. The van der Waals surface area contributed by atoms with Crippen LogP contribution in [0.4, 0.5) is 0 Å². The average Bonchev–Trinajstić information content (AvgIpc) is 2.28. The number of esters is 1. The van der Waals surface area contributed by atoms with Crippen molar-refractivity contribution in [3.8, 4) is 0 Å². The van der Waals surface area contributed by atoms with Crippen LogP contribution in [0, 0.1) is 0 Å². The van der Waals surface area contributed by atoms with Crippen LogP contribution in [0.25, 0.3) is 0 Å². The largest absolute Gasteiger partial charge is 0.467 e. The van der Waals surface area contributed by atoms with Crippen molar-refractivity contribution in [2.75, 3.05) is 7.11 Å². The topological polar surface area (TPSA) is 72.5 Å². The SMILES string of the molecule is COC(=O)C(O)C(C)(N)c1ccccc1. The molecule has 0 aromatic heterocycles. The van der Waals surface area contributed by atoms with Crippen LogP contribution in [0.5, 0.6) is 0 Å². The molecule has 0 amide bonds. The third-order valence-electron chi connectivity index (χ3n) is 2.39. The first-order valence-electron chi connectivity index (χ1n) is 4.60. The maximum atomic E-state index is 11.2. The van der Waals surface area contributed by atoms with Crippen molar-refractivity contribution < 1.29 is 14.6 Å². The van der Waals surface area contributed by atoms with Crippen molar-refractivity contribution in [1.29, 1.82) is 0 Å². The summed E-state index contributed by atoms with van der Waals surface area (Å²) in [5.74, 6) is -0.733. The van der Waals surface area contributed by atoms with E-state index in [9.17, 15) is 9.90 Å². The molecule has 0 aliphatic heterocycles. The van der Waals surface area contributed by atoms with Gasteiger partial charge in [0, 0.05) is 0 Å².